The number of carbonyl (C=O) groups excluding carboxylic acids is 1. The van der Waals surface area contributed by atoms with Crippen LogP contribution in [0, 0.1) is 13.8 Å². The molecule has 3 rings (SSSR count). The summed E-state index contributed by atoms with van der Waals surface area (Å²) in [5.74, 6) is -0.111. The first-order chi connectivity index (χ1) is 12.9. The Morgan fingerprint density at radius 3 is 2.48 bits per heavy atom. The smallest absolute Gasteiger partial charge is 0.271 e. The minimum atomic E-state index is -0.359. The van der Waals surface area contributed by atoms with E-state index in [9.17, 15) is 9.59 Å². The molecule has 138 valence electrons. The molecule has 27 heavy (non-hydrogen) atoms. The van der Waals surface area contributed by atoms with E-state index in [-0.39, 0.29) is 16.7 Å². The average molecular weight is 379 g/mol. The molecule has 0 aliphatic heterocycles. The van der Waals surface area contributed by atoms with Crippen LogP contribution in [0.2, 0.25) is 0 Å². The number of amides is 1. The monoisotopic (exact) mass is 379 g/mol. The summed E-state index contributed by atoms with van der Waals surface area (Å²) in [7, 11) is 0. The average Bonchev–Trinajstić information content (AvgIpc) is 2.64. The van der Waals surface area contributed by atoms with Gasteiger partial charge in [-0.1, -0.05) is 41.6 Å². The Balaban J connectivity index is 1.75. The Morgan fingerprint density at radius 2 is 1.78 bits per heavy atom. The van der Waals surface area contributed by atoms with E-state index in [4.69, 9.17) is 0 Å². The number of carbonyl (C=O) groups is 1. The van der Waals surface area contributed by atoms with Gasteiger partial charge in [0.05, 0.1) is 10.9 Å². The Bertz CT molecular complexity index is 1010. The van der Waals surface area contributed by atoms with Gasteiger partial charge in [0.25, 0.3) is 5.56 Å². The number of nitrogens with one attached hydrogen (secondary N) is 1. The van der Waals surface area contributed by atoms with Gasteiger partial charge in [-0.05, 0) is 56.7 Å². The van der Waals surface area contributed by atoms with Crippen molar-refractivity contribution in [3.63, 3.8) is 0 Å². The summed E-state index contributed by atoms with van der Waals surface area (Å²) in [5, 5.41) is 7.57. The molecule has 1 aromatic heterocycles. The molecule has 0 aliphatic rings. The highest BCUT2D eigenvalue weighted by Gasteiger charge is 2.16. The molecule has 1 heterocycles. The molecule has 0 spiro atoms. The van der Waals surface area contributed by atoms with E-state index in [1.54, 1.807) is 6.07 Å². The molecule has 0 saturated carbocycles. The van der Waals surface area contributed by atoms with Gasteiger partial charge in [-0.25, -0.2) is 0 Å². The Kier molecular flexibility index (Phi) is 5.76. The number of rotatable bonds is 5. The van der Waals surface area contributed by atoms with Crippen LogP contribution >= 0.6 is 11.8 Å². The van der Waals surface area contributed by atoms with E-state index in [1.165, 1.54) is 22.5 Å². The largest absolute Gasteiger partial charge is 0.325 e. The zero-order valence-corrected chi connectivity index (χ0v) is 16.3. The molecule has 0 aliphatic carbocycles. The molecule has 0 bridgehead atoms. The maximum absolute atomic E-state index is 12.5. The lowest BCUT2D eigenvalue weighted by atomic mass is 10.2. The van der Waals surface area contributed by atoms with Gasteiger partial charge in [0, 0.05) is 11.8 Å². The third-order valence-corrected chi connectivity index (χ3v) is 5.03. The SMILES string of the molecule is Cc1ccc(-n2nc(SC(C)C(=O)Nc3cccc(C)c3)ccc2=O)cc1. The van der Waals surface area contributed by atoms with Crippen molar-refractivity contribution in [2.45, 2.75) is 31.0 Å². The second-order valence-electron chi connectivity index (χ2n) is 6.38. The summed E-state index contributed by atoms with van der Waals surface area (Å²) in [6.07, 6.45) is 0. The third-order valence-electron chi connectivity index (χ3n) is 4.01. The fraction of sp³-hybridized carbons (Fsp3) is 0.190. The van der Waals surface area contributed by atoms with Crippen LogP contribution in [0.25, 0.3) is 5.69 Å². The van der Waals surface area contributed by atoms with E-state index in [2.05, 4.69) is 10.4 Å². The van der Waals surface area contributed by atoms with Crippen LogP contribution in [0.4, 0.5) is 5.69 Å². The number of hydrogen-bond donors (Lipinski definition) is 1. The molecule has 1 atom stereocenters. The lowest BCUT2D eigenvalue weighted by Gasteiger charge is -2.13. The normalized spacial score (nSPS) is 11.8. The van der Waals surface area contributed by atoms with Gasteiger partial charge in [0.1, 0.15) is 5.03 Å². The highest BCUT2D eigenvalue weighted by Crippen LogP contribution is 2.22. The minimum absolute atomic E-state index is 0.111. The summed E-state index contributed by atoms with van der Waals surface area (Å²) >= 11 is 1.31. The highest BCUT2D eigenvalue weighted by atomic mass is 32.2. The number of hydrogen-bond acceptors (Lipinski definition) is 4. The summed E-state index contributed by atoms with van der Waals surface area (Å²) < 4.78 is 1.35. The zero-order chi connectivity index (χ0) is 19.4. The Labute approximate surface area is 162 Å². The first kappa shape index (κ1) is 18.9. The van der Waals surface area contributed by atoms with Crippen molar-refractivity contribution < 1.29 is 4.79 Å². The quantitative estimate of drug-likeness (QED) is 0.682. The van der Waals surface area contributed by atoms with Crippen LogP contribution in [-0.4, -0.2) is 20.9 Å². The van der Waals surface area contributed by atoms with Crippen molar-refractivity contribution in [1.82, 2.24) is 9.78 Å². The standard InChI is InChI=1S/C21H21N3O2S/c1-14-7-9-18(10-8-14)24-20(25)12-11-19(23-24)27-16(3)21(26)22-17-6-4-5-15(2)13-17/h4-13,16H,1-3H3,(H,22,26). The molecule has 1 N–H and O–H groups in total. The lowest BCUT2D eigenvalue weighted by molar-refractivity contribution is -0.115. The van der Waals surface area contributed by atoms with E-state index in [0.29, 0.717) is 10.7 Å². The Morgan fingerprint density at radius 1 is 1.04 bits per heavy atom. The van der Waals surface area contributed by atoms with Crippen LogP contribution in [0.15, 0.2) is 70.5 Å². The number of nitrogens with zero attached hydrogens (tertiary/aromatic N) is 2. The van der Waals surface area contributed by atoms with Gasteiger partial charge in [-0.2, -0.15) is 9.78 Å². The molecular formula is C21H21N3O2S. The van der Waals surface area contributed by atoms with Crippen LogP contribution < -0.4 is 10.9 Å². The first-order valence-corrected chi connectivity index (χ1v) is 9.52. The topological polar surface area (TPSA) is 64.0 Å². The fourth-order valence-corrected chi connectivity index (χ4v) is 3.33. The predicted molar refractivity (Wildman–Crippen MR) is 110 cm³/mol. The van der Waals surface area contributed by atoms with Crippen LogP contribution in [0.5, 0.6) is 0 Å². The molecule has 1 amide bonds. The number of aryl methyl sites for hydroxylation is 2. The molecule has 3 aromatic rings. The first-order valence-electron chi connectivity index (χ1n) is 8.64. The van der Waals surface area contributed by atoms with Crippen LogP contribution in [-0.2, 0) is 4.79 Å². The summed E-state index contributed by atoms with van der Waals surface area (Å²) in [6, 6.07) is 18.4. The molecule has 1 unspecified atom stereocenters. The Hall–Kier alpha value is -2.86. The van der Waals surface area contributed by atoms with Gasteiger partial charge < -0.3 is 5.32 Å². The summed E-state index contributed by atoms with van der Waals surface area (Å²) in [5.41, 5.74) is 3.45. The maximum atomic E-state index is 12.5. The summed E-state index contributed by atoms with van der Waals surface area (Å²) in [4.78, 5) is 24.6. The van der Waals surface area contributed by atoms with Crippen molar-refractivity contribution >= 4 is 23.4 Å². The second kappa shape index (κ2) is 8.22. The van der Waals surface area contributed by atoms with Crippen molar-refractivity contribution in [2.75, 3.05) is 5.32 Å². The van der Waals surface area contributed by atoms with Gasteiger partial charge in [-0.15, -0.1) is 0 Å². The molecule has 0 radical (unpaired) electrons. The zero-order valence-electron chi connectivity index (χ0n) is 15.5. The van der Waals surface area contributed by atoms with E-state index >= 15 is 0 Å². The number of thioether (sulfide) groups is 1. The van der Waals surface area contributed by atoms with Gasteiger partial charge in [0.2, 0.25) is 5.91 Å². The molecule has 5 nitrogen and oxygen atoms in total. The molecule has 6 heteroatoms. The van der Waals surface area contributed by atoms with E-state index in [1.807, 2.05) is 69.3 Å². The van der Waals surface area contributed by atoms with Crippen molar-refractivity contribution in [2.24, 2.45) is 0 Å². The van der Waals surface area contributed by atoms with Crippen molar-refractivity contribution in [3.8, 4) is 5.69 Å². The van der Waals surface area contributed by atoms with Gasteiger partial charge in [0.15, 0.2) is 0 Å². The third kappa shape index (κ3) is 4.86. The highest BCUT2D eigenvalue weighted by molar-refractivity contribution is 8.00. The molecule has 2 aromatic carbocycles. The molecular weight excluding hydrogens is 358 g/mol. The van der Waals surface area contributed by atoms with Crippen LogP contribution in [0.3, 0.4) is 0 Å². The molecule has 0 fully saturated rings. The number of benzene rings is 2. The van der Waals surface area contributed by atoms with E-state index < -0.39 is 0 Å². The van der Waals surface area contributed by atoms with Gasteiger partial charge in [-0.3, -0.25) is 9.59 Å². The number of anilines is 1. The van der Waals surface area contributed by atoms with Crippen molar-refractivity contribution in [3.05, 3.63) is 82.1 Å². The number of aromatic nitrogens is 2. The molecule has 0 saturated heterocycles. The predicted octanol–water partition coefficient (Wildman–Crippen LogP) is 3.97. The van der Waals surface area contributed by atoms with Crippen molar-refractivity contribution in [1.29, 1.82) is 0 Å². The summed E-state index contributed by atoms with van der Waals surface area (Å²) in [6.45, 7) is 5.78. The second-order valence-corrected chi connectivity index (χ2v) is 7.74. The minimum Gasteiger partial charge on any atom is -0.325 e. The van der Waals surface area contributed by atoms with Crippen LogP contribution in [0.1, 0.15) is 18.1 Å². The fourth-order valence-electron chi connectivity index (χ4n) is 2.53. The van der Waals surface area contributed by atoms with Gasteiger partial charge >= 0.3 is 0 Å². The maximum Gasteiger partial charge on any atom is 0.271 e. The van der Waals surface area contributed by atoms with E-state index in [0.717, 1.165) is 16.8 Å². The lowest BCUT2D eigenvalue weighted by Crippen LogP contribution is -2.24.